The predicted octanol–water partition coefficient (Wildman–Crippen LogP) is 3.47. The SMILES string of the molecule is O=C(/C=C/c1cc(Cl)cc(Cl)c1)NNC(=O)c1ccccc1. The molecule has 0 heterocycles. The van der Waals surface area contributed by atoms with Crippen molar-refractivity contribution in [3.05, 3.63) is 75.8 Å². The first-order chi connectivity index (χ1) is 10.5. The number of hydrogen-bond acceptors (Lipinski definition) is 2. The van der Waals surface area contributed by atoms with E-state index in [0.29, 0.717) is 21.2 Å². The molecule has 2 rings (SSSR count). The van der Waals surface area contributed by atoms with Crippen LogP contribution in [0.5, 0.6) is 0 Å². The summed E-state index contributed by atoms with van der Waals surface area (Å²) in [6, 6.07) is 13.5. The lowest BCUT2D eigenvalue weighted by molar-refractivity contribution is -0.117. The van der Waals surface area contributed by atoms with Gasteiger partial charge in [-0.1, -0.05) is 41.4 Å². The van der Waals surface area contributed by atoms with Gasteiger partial charge in [0.15, 0.2) is 0 Å². The van der Waals surface area contributed by atoms with Crippen LogP contribution in [0.1, 0.15) is 15.9 Å². The van der Waals surface area contributed by atoms with Gasteiger partial charge in [-0.3, -0.25) is 20.4 Å². The molecule has 2 aromatic carbocycles. The molecule has 22 heavy (non-hydrogen) atoms. The Kier molecular flexibility index (Phi) is 5.58. The van der Waals surface area contributed by atoms with Crippen molar-refractivity contribution in [2.45, 2.75) is 0 Å². The smallest absolute Gasteiger partial charge is 0.268 e. The van der Waals surface area contributed by atoms with E-state index in [2.05, 4.69) is 10.9 Å². The van der Waals surface area contributed by atoms with E-state index in [1.165, 1.54) is 6.08 Å². The molecule has 0 aliphatic carbocycles. The molecule has 0 aromatic heterocycles. The second kappa shape index (κ2) is 7.64. The third kappa shape index (κ3) is 4.91. The maximum absolute atomic E-state index is 11.7. The van der Waals surface area contributed by atoms with Gasteiger partial charge in [0.05, 0.1) is 0 Å². The van der Waals surface area contributed by atoms with Gasteiger partial charge in [0, 0.05) is 21.7 Å². The molecule has 4 nitrogen and oxygen atoms in total. The fourth-order valence-corrected chi connectivity index (χ4v) is 2.21. The van der Waals surface area contributed by atoms with Crippen LogP contribution < -0.4 is 10.9 Å². The number of carbonyl (C=O) groups is 2. The molecule has 0 atom stereocenters. The van der Waals surface area contributed by atoms with Gasteiger partial charge in [-0.05, 0) is 42.0 Å². The number of halogens is 2. The quantitative estimate of drug-likeness (QED) is 0.667. The fraction of sp³-hybridized carbons (Fsp3) is 0. The highest BCUT2D eigenvalue weighted by Crippen LogP contribution is 2.19. The third-order valence-corrected chi connectivity index (χ3v) is 3.08. The van der Waals surface area contributed by atoms with Crippen molar-refractivity contribution in [3.63, 3.8) is 0 Å². The molecule has 0 radical (unpaired) electrons. The van der Waals surface area contributed by atoms with Gasteiger partial charge in [0.25, 0.3) is 11.8 Å². The Labute approximate surface area is 137 Å². The monoisotopic (exact) mass is 334 g/mol. The lowest BCUT2D eigenvalue weighted by atomic mass is 10.2. The highest BCUT2D eigenvalue weighted by Gasteiger charge is 2.04. The van der Waals surface area contributed by atoms with E-state index in [9.17, 15) is 9.59 Å². The Hall–Kier alpha value is -2.30. The molecule has 0 saturated heterocycles. The number of rotatable bonds is 3. The highest BCUT2D eigenvalue weighted by atomic mass is 35.5. The first-order valence-electron chi connectivity index (χ1n) is 6.34. The van der Waals surface area contributed by atoms with Crippen LogP contribution >= 0.6 is 23.2 Å². The summed E-state index contributed by atoms with van der Waals surface area (Å²) in [6.07, 6.45) is 2.81. The van der Waals surface area contributed by atoms with Crippen LogP contribution in [0.25, 0.3) is 6.08 Å². The van der Waals surface area contributed by atoms with Crippen LogP contribution in [0.3, 0.4) is 0 Å². The molecular formula is C16H12Cl2N2O2. The van der Waals surface area contributed by atoms with E-state index in [4.69, 9.17) is 23.2 Å². The standard InChI is InChI=1S/C16H12Cl2N2O2/c17-13-8-11(9-14(18)10-13)6-7-15(21)19-20-16(22)12-4-2-1-3-5-12/h1-10H,(H,19,21)(H,20,22)/b7-6+. The van der Waals surface area contributed by atoms with E-state index in [1.54, 1.807) is 54.6 Å². The maximum atomic E-state index is 11.7. The molecule has 0 aliphatic rings. The van der Waals surface area contributed by atoms with Crippen molar-refractivity contribution in [2.75, 3.05) is 0 Å². The first-order valence-corrected chi connectivity index (χ1v) is 7.10. The van der Waals surface area contributed by atoms with Gasteiger partial charge < -0.3 is 0 Å². The number of hydrazine groups is 1. The summed E-state index contributed by atoms with van der Waals surface area (Å²) in [5.74, 6) is -0.867. The Bertz CT molecular complexity index is 695. The third-order valence-electron chi connectivity index (χ3n) is 2.65. The summed E-state index contributed by atoms with van der Waals surface area (Å²) in [4.78, 5) is 23.4. The number of hydrogen-bond donors (Lipinski definition) is 2. The second-order valence-electron chi connectivity index (χ2n) is 4.35. The number of nitrogens with one attached hydrogen (secondary N) is 2. The molecule has 2 aromatic rings. The van der Waals surface area contributed by atoms with E-state index in [1.807, 2.05) is 0 Å². The summed E-state index contributed by atoms with van der Waals surface area (Å²) in [6.45, 7) is 0. The highest BCUT2D eigenvalue weighted by molar-refractivity contribution is 6.34. The van der Waals surface area contributed by atoms with Gasteiger partial charge in [-0.15, -0.1) is 0 Å². The zero-order chi connectivity index (χ0) is 15.9. The van der Waals surface area contributed by atoms with Crippen LogP contribution in [0.2, 0.25) is 10.0 Å². The zero-order valence-corrected chi connectivity index (χ0v) is 12.9. The Morgan fingerprint density at radius 1 is 0.909 bits per heavy atom. The normalized spacial score (nSPS) is 10.5. The molecule has 6 heteroatoms. The van der Waals surface area contributed by atoms with Crippen molar-refractivity contribution in [3.8, 4) is 0 Å². The minimum absolute atomic E-state index is 0.395. The van der Waals surface area contributed by atoms with Crippen LogP contribution in [0, 0.1) is 0 Å². The minimum Gasteiger partial charge on any atom is -0.268 e. The summed E-state index contributed by atoms with van der Waals surface area (Å²) < 4.78 is 0. The van der Waals surface area contributed by atoms with Crippen molar-refractivity contribution >= 4 is 41.1 Å². The van der Waals surface area contributed by atoms with Crippen LogP contribution in [0.15, 0.2) is 54.6 Å². The van der Waals surface area contributed by atoms with Gasteiger partial charge in [0.2, 0.25) is 0 Å². The van der Waals surface area contributed by atoms with Crippen LogP contribution in [-0.2, 0) is 4.79 Å². The molecule has 0 aliphatic heterocycles. The number of amides is 2. The number of benzene rings is 2. The van der Waals surface area contributed by atoms with Gasteiger partial charge in [0.1, 0.15) is 0 Å². The average Bonchev–Trinajstić information content (AvgIpc) is 2.50. The second-order valence-corrected chi connectivity index (χ2v) is 5.22. The zero-order valence-electron chi connectivity index (χ0n) is 11.3. The topological polar surface area (TPSA) is 58.2 Å². The maximum Gasteiger partial charge on any atom is 0.269 e. The molecule has 0 unspecified atom stereocenters. The molecule has 112 valence electrons. The fourth-order valence-electron chi connectivity index (χ4n) is 1.67. The van der Waals surface area contributed by atoms with Crippen molar-refractivity contribution in [2.24, 2.45) is 0 Å². The average molecular weight is 335 g/mol. The Morgan fingerprint density at radius 2 is 1.55 bits per heavy atom. The summed E-state index contributed by atoms with van der Waals surface area (Å²) in [5.41, 5.74) is 5.74. The first kappa shape index (κ1) is 16.1. The van der Waals surface area contributed by atoms with Crippen molar-refractivity contribution < 1.29 is 9.59 Å². The van der Waals surface area contributed by atoms with E-state index in [0.717, 1.165) is 0 Å². The minimum atomic E-state index is -0.472. The van der Waals surface area contributed by atoms with Crippen LogP contribution in [-0.4, -0.2) is 11.8 Å². The van der Waals surface area contributed by atoms with Crippen LogP contribution in [0.4, 0.5) is 0 Å². The van der Waals surface area contributed by atoms with E-state index < -0.39 is 11.8 Å². The Morgan fingerprint density at radius 3 is 2.18 bits per heavy atom. The Balaban J connectivity index is 1.90. The molecule has 2 N–H and O–H groups in total. The van der Waals surface area contributed by atoms with Gasteiger partial charge in [-0.2, -0.15) is 0 Å². The van der Waals surface area contributed by atoms with Crippen molar-refractivity contribution in [1.29, 1.82) is 0 Å². The summed E-state index contributed by atoms with van der Waals surface area (Å²) in [5, 5.41) is 0.954. The molecule has 0 saturated carbocycles. The number of carbonyl (C=O) groups excluding carboxylic acids is 2. The van der Waals surface area contributed by atoms with E-state index >= 15 is 0 Å². The van der Waals surface area contributed by atoms with Gasteiger partial charge >= 0.3 is 0 Å². The van der Waals surface area contributed by atoms with Gasteiger partial charge in [-0.25, -0.2) is 0 Å². The molecule has 2 amide bonds. The largest absolute Gasteiger partial charge is 0.269 e. The molecule has 0 spiro atoms. The lowest BCUT2D eigenvalue weighted by Crippen LogP contribution is -2.40. The van der Waals surface area contributed by atoms with E-state index in [-0.39, 0.29) is 0 Å². The van der Waals surface area contributed by atoms with Crippen molar-refractivity contribution in [1.82, 2.24) is 10.9 Å². The summed E-state index contributed by atoms with van der Waals surface area (Å²) in [7, 11) is 0. The predicted molar refractivity (Wildman–Crippen MR) is 87.5 cm³/mol. The molecular weight excluding hydrogens is 323 g/mol. The molecule has 0 fully saturated rings. The molecule has 0 bridgehead atoms. The summed E-state index contributed by atoms with van der Waals surface area (Å²) >= 11 is 11.7. The lowest BCUT2D eigenvalue weighted by Gasteiger charge is -2.04.